The van der Waals surface area contributed by atoms with Gasteiger partial charge in [0, 0.05) is 19.3 Å². The normalized spacial score (nSPS) is 12.7. The zero-order valence-electron chi connectivity index (χ0n) is 45.3. The molecule has 0 amide bonds. The van der Waals surface area contributed by atoms with E-state index in [1.54, 1.807) is 0 Å². The standard InChI is InChI=1S/C63H108O6/c1-4-7-10-13-16-19-22-25-28-30-32-35-38-41-44-47-50-53-56-62(65)68-59-60(58-67-61(64)55-52-49-46-43-40-37-34-27-24-21-18-15-12-9-6-3)69-63(66)57-54-51-48-45-42-39-36-33-31-29-26-23-20-17-14-11-8-5-2/h18,21-22,24-25,27-33,35-36,60H,4-17,19-20,23,26,34,37-59H2,1-3H3/b21-18-,25-22-,27-24-,30-28-,31-29-,35-32-,36-33-. The molecule has 0 bridgehead atoms. The molecule has 6 heteroatoms. The van der Waals surface area contributed by atoms with Gasteiger partial charge in [0.15, 0.2) is 6.10 Å². The Bertz CT molecular complexity index is 1330. The zero-order valence-corrected chi connectivity index (χ0v) is 45.3. The number of carbonyl (C=O) groups excluding carboxylic acids is 3. The lowest BCUT2D eigenvalue weighted by atomic mass is 10.1. The number of carbonyl (C=O) groups is 3. The third kappa shape index (κ3) is 55.4. The molecule has 1 atom stereocenters. The molecule has 0 rings (SSSR count). The van der Waals surface area contributed by atoms with Gasteiger partial charge in [-0.1, -0.05) is 247 Å². The second kappa shape index (κ2) is 57.2. The molecule has 0 fully saturated rings. The van der Waals surface area contributed by atoms with Gasteiger partial charge in [-0.25, -0.2) is 0 Å². The molecule has 0 aliphatic heterocycles. The Morgan fingerprint density at radius 1 is 0.290 bits per heavy atom. The van der Waals surface area contributed by atoms with Crippen molar-refractivity contribution in [2.24, 2.45) is 0 Å². The summed E-state index contributed by atoms with van der Waals surface area (Å²) in [5.74, 6) is -0.936. The maximum Gasteiger partial charge on any atom is 0.306 e. The highest BCUT2D eigenvalue weighted by atomic mass is 16.6. The van der Waals surface area contributed by atoms with Crippen LogP contribution in [-0.2, 0) is 28.6 Å². The van der Waals surface area contributed by atoms with Crippen LogP contribution in [0, 0.1) is 0 Å². The van der Waals surface area contributed by atoms with Gasteiger partial charge in [0.05, 0.1) is 0 Å². The molecular formula is C63H108O6. The molecule has 0 heterocycles. The van der Waals surface area contributed by atoms with Crippen LogP contribution in [0.5, 0.6) is 0 Å². The third-order valence-corrected chi connectivity index (χ3v) is 12.5. The molecule has 0 saturated heterocycles. The van der Waals surface area contributed by atoms with Crippen molar-refractivity contribution in [3.05, 3.63) is 85.1 Å². The molecule has 0 aliphatic carbocycles. The molecule has 6 nitrogen and oxygen atoms in total. The molecule has 0 radical (unpaired) electrons. The van der Waals surface area contributed by atoms with Crippen LogP contribution in [0.1, 0.15) is 278 Å². The summed E-state index contributed by atoms with van der Waals surface area (Å²) in [6.45, 7) is 6.56. The first-order valence-electron chi connectivity index (χ1n) is 29.2. The fourth-order valence-corrected chi connectivity index (χ4v) is 8.01. The van der Waals surface area contributed by atoms with E-state index in [2.05, 4.69) is 106 Å². The van der Waals surface area contributed by atoms with Gasteiger partial charge in [0.1, 0.15) is 13.2 Å². The lowest BCUT2D eigenvalue weighted by Crippen LogP contribution is -2.30. The molecule has 0 aromatic rings. The summed E-state index contributed by atoms with van der Waals surface area (Å²) in [7, 11) is 0. The Kier molecular flexibility index (Phi) is 54.3. The quantitative estimate of drug-likeness (QED) is 0.0262. The predicted octanol–water partition coefficient (Wildman–Crippen LogP) is 19.5. The topological polar surface area (TPSA) is 78.9 Å². The van der Waals surface area contributed by atoms with E-state index >= 15 is 0 Å². The van der Waals surface area contributed by atoms with Crippen LogP contribution >= 0.6 is 0 Å². The Balaban J connectivity index is 4.48. The van der Waals surface area contributed by atoms with Gasteiger partial charge in [-0.05, 0) is 96.3 Å². The number of ether oxygens (including phenoxy) is 3. The number of esters is 3. The number of rotatable bonds is 52. The maximum atomic E-state index is 12.9. The van der Waals surface area contributed by atoms with Crippen molar-refractivity contribution in [2.75, 3.05) is 13.2 Å². The van der Waals surface area contributed by atoms with Crippen LogP contribution in [0.3, 0.4) is 0 Å². The highest BCUT2D eigenvalue weighted by Gasteiger charge is 2.19. The first-order chi connectivity index (χ1) is 34.0. The average Bonchev–Trinajstić information content (AvgIpc) is 3.35. The van der Waals surface area contributed by atoms with Crippen LogP contribution in [0.4, 0.5) is 0 Å². The summed E-state index contributed by atoms with van der Waals surface area (Å²) in [6.07, 6.45) is 74.2. The number of hydrogen-bond acceptors (Lipinski definition) is 6. The molecule has 1 unspecified atom stereocenters. The van der Waals surface area contributed by atoms with Crippen LogP contribution in [0.25, 0.3) is 0 Å². The molecule has 0 aliphatic rings. The van der Waals surface area contributed by atoms with Gasteiger partial charge in [0.25, 0.3) is 0 Å². The van der Waals surface area contributed by atoms with E-state index in [1.165, 1.54) is 128 Å². The number of unbranched alkanes of at least 4 members (excludes halogenated alkanes) is 31. The largest absolute Gasteiger partial charge is 0.462 e. The summed E-state index contributed by atoms with van der Waals surface area (Å²) in [5, 5.41) is 0. The predicted molar refractivity (Wildman–Crippen MR) is 297 cm³/mol. The van der Waals surface area contributed by atoms with E-state index in [-0.39, 0.29) is 31.1 Å². The van der Waals surface area contributed by atoms with E-state index in [9.17, 15) is 14.4 Å². The summed E-state index contributed by atoms with van der Waals surface area (Å²) >= 11 is 0. The first kappa shape index (κ1) is 65.6. The fraction of sp³-hybridized carbons (Fsp3) is 0.730. The molecule has 0 aromatic heterocycles. The van der Waals surface area contributed by atoms with Crippen molar-refractivity contribution in [3.63, 3.8) is 0 Å². The van der Waals surface area contributed by atoms with Crippen LogP contribution in [0.15, 0.2) is 85.1 Å². The van der Waals surface area contributed by atoms with E-state index < -0.39 is 6.10 Å². The highest BCUT2D eigenvalue weighted by molar-refractivity contribution is 5.71. The highest BCUT2D eigenvalue weighted by Crippen LogP contribution is 2.14. The number of allylic oxidation sites excluding steroid dienone is 14. The second-order valence-corrected chi connectivity index (χ2v) is 19.3. The van der Waals surface area contributed by atoms with Gasteiger partial charge in [-0.15, -0.1) is 0 Å². The third-order valence-electron chi connectivity index (χ3n) is 12.5. The molecular weight excluding hydrogens is 853 g/mol. The summed E-state index contributed by atoms with van der Waals surface area (Å²) in [5.41, 5.74) is 0. The molecule has 0 saturated carbocycles. The summed E-state index contributed by atoms with van der Waals surface area (Å²) < 4.78 is 16.8. The fourth-order valence-electron chi connectivity index (χ4n) is 8.01. The van der Waals surface area contributed by atoms with E-state index in [0.29, 0.717) is 19.3 Å². The molecule has 0 N–H and O–H groups in total. The minimum atomic E-state index is -0.799. The van der Waals surface area contributed by atoms with Gasteiger partial charge < -0.3 is 14.2 Å². The lowest BCUT2D eigenvalue weighted by molar-refractivity contribution is -0.167. The van der Waals surface area contributed by atoms with Gasteiger partial charge in [-0.3, -0.25) is 14.4 Å². The van der Waals surface area contributed by atoms with E-state index in [0.717, 1.165) is 109 Å². The van der Waals surface area contributed by atoms with Crippen molar-refractivity contribution in [1.82, 2.24) is 0 Å². The molecule has 396 valence electrons. The van der Waals surface area contributed by atoms with Crippen LogP contribution in [0.2, 0.25) is 0 Å². The van der Waals surface area contributed by atoms with Crippen molar-refractivity contribution in [2.45, 2.75) is 284 Å². The lowest BCUT2D eigenvalue weighted by Gasteiger charge is -2.18. The average molecular weight is 962 g/mol. The van der Waals surface area contributed by atoms with Gasteiger partial charge in [-0.2, -0.15) is 0 Å². The molecule has 69 heavy (non-hydrogen) atoms. The molecule has 0 aromatic carbocycles. The first-order valence-corrected chi connectivity index (χ1v) is 29.2. The van der Waals surface area contributed by atoms with Crippen LogP contribution in [-0.4, -0.2) is 37.2 Å². The second-order valence-electron chi connectivity index (χ2n) is 19.3. The minimum Gasteiger partial charge on any atom is -0.462 e. The van der Waals surface area contributed by atoms with Crippen molar-refractivity contribution in [3.8, 4) is 0 Å². The van der Waals surface area contributed by atoms with Crippen molar-refractivity contribution in [1.29, 1.82) is 0 Å². The summed E-state index contributed by atoms with van der Waals surface area (Å²) in [4.78, 5) is 38.2. The summed E-state index contributed by atoms with van der Waals surface area (Å²) in [6, 6.07) is 0. The van der Waals surface area contributed by atoms with Crippen molar-refractivity contribution < 1.29 is 28.6 Å². The van der Waals surface area contributed by atoms with Crippen molar-refractivity contribution >= 4 is 17.9 Å². The molecule has 0 spiro atoms. The number of hydrogen-bond donors (Lipinski definition) is 0. The van der Waals surface area contributed by atoms with Gasteiger partial charge in [0.2, 0.25) is 0 Å². The zero-order chi connectivity index (χ0) is 50.0. The SMILES string of the molecule is CCCCC/C=C\C=C/CCCCCCCCC(=O)OCC(COC(=O)CCCCCCC\C=C/C=C\C=C/CCCCCCC)OC(=O)CCCCCCC/C=C\C=C/CCCCCCCCC. The van der Waals surface area contributed by atoms with E-state index in [1.807, 2.05) is 0 Å². The Hall–Kier alpha value is -3.41. The minimum absolute atomic E-state index is 0.0960. The van der Waals surface area contributed by atoms with Gasteiger partial charge >= 0.3 is 17.9 Å². The maximum absolute atomic E-state index is 12.9. The van der Waals surface area contributed by atoms with Crippen LogP contribution < -0.4 is 0 Å². The Labute approximate surface area is 426 Å². The smallest absolute Gasteiger partial charge is 0.306 e. The Morgan fingerprint density at radius 3 is 0.841 bits per heavy atom. The Morgan fingerprint density at radius 2 is 0.522 bits per heavy atom. The van der Waals surface area contributed by atoms with E-state index in [4.69, 9.17) is 14.2 Å². The monoisotopic (exact) mass is 961 g/mol.